The molecule has 1 aromatic rings. The molecule has 0 amide bonds. The molecule has 1 aromatic carbocycles. The highest BCUT2D eigenvalue weighted by atomic mass is 35.5. The molecule has 0 bridgehead atoms. The van der Waals surface area contributed by atoms with E-state index in [2.05, 4.69) is 29.7 Å². The average Bonchev–Trinajstić information content (AvgIpc) is 3.08. The lowest BCUT2D eigenvalue weighted by molar-refractivity contribution is -0.145. The number of nitrogens with zero attached hydrogens (tertiary/aromatic N) is 2. The number of aliphatic hydroxyl groups excluding tert-OH is 1. The summed E-state index contributed by atoms with van der Waals surface area (Å²) in [5.74, 6) is -0.122. The SMILES string of the molecule is C[C@@H]1CCC=C2C[C@H]3OC(=O)[C@@H](CN4CCN(c5ccc(Cl)c(Cl)c5)CC4)[C@H]3[C@@H](O)[C@@]21C. The second kappa shape index (κ2) is 8.50. The first-order valence-electron chi connectivity index (χ1n) is 11.8. The zero-order valence-corrected chi connectivity index (χ0v) is 20.3. The Kier molecular flexibility index (Phi) is 5.98. The highest BCUT2D eigenvalue weighted by Gasteiger charge is 2.59. The van der Waals surface area contributed by atoms with Crippen molar-refractivity contribution in [1.29, 1.82) is 0 Å². The number of hydrogen-bond donors (Lipinski definition) is 1. The number of allylic oxidation sites excluding steroid dienone is 1. The molecule has 3 fully saturated rings. The standard InChI is InChI=1S/C25H32Cl2N2O3/c1-15-4-3-5-16-12-21-22(23(30)25(15,16)2)18(24(31)32-21)14-28-8-10-29(11-9-28)17-6-7-19(26)20(27)13-17/h5-7,13,15,18,21-23,30H,3-4,8-12,14H2,1-2H3/t15-,18+,21-,22-,23-,25-/m1/s1. The van der Waals surface area contributed by atoms with Gasteiger partial charge in [-0.1, -0.05) is 48.7 Å². The molecule has 0 unspecified atom stereocenters. The van der Waals surface area contributed by atoms with Gasteiger partial charge in [-0.3, -0.25) is 9.69 Å². The second-order valence-corrected chi connectivity index (χ2v) is 11.0. The van der Waals surface area contributed by atoms with Crippen LogP contribution < -0.4 is 4.90 Å². The highest BCUT2D eigenvalue weighted by molar-refractivity contribution is 6.42. The maximum atomic E-state index is 12.9. The summed E-state index contributed by atoms with van der Waals surface area (Å²) in [6, 6.07) is 5.74. The van der Waals surface area contributed by atoms with Crippen molar-refractivity contribution in [3.8, 4) is 0 Å². The van der Waals surface area contributed by atoms with Crippen molar-refractivity contribution in [2.75, 3.05) is 37.6 Å². The van der Waals surface area contributed by atoms with Gasteiger partial charge in [-0.25, -0.2) is 0 Å². The Morgan fingerprint density at radius 2 is 1.94 bits per heavy atom. The van der Waals surface area contributed by atoms with E-state index in [1.807, 2.05) is 18.2 Å². The van der Waals surface area contributed by atoms with E-state index in [0.717, 1.165) is 51.1 Å². The molecule has 5 rings (SSSR count). The van der Waals surface area contributed by atoms with Gasteiger partial charge in [-0.2, -0.15) is 0 Å². The number of piperazine rings is 1. The molecule has 174 valence electrons. The molecule has 1 saturated carbocycles. The number of benzene rings is 1. The maximum Gasteiger partial charge on any atom is 0.311 e. The third kappa shape index (κ3) is 3.66. The van der Waals surface area contributed by atoms with Crippen LogP contribution in [-0.2, 0) is 9.53 Å². The third-order valence-corrected chi connectivity index (χ3v) is 9.40. The van der Waals surface area contributed by atoms with Gasteiger partial charge in [0.05, 0.1) is 22.1 Å². The van der Waals surface area contributed by atoms with E-state index in [1.165, 1.54) is 5.57 Å². The van der Waals surface area contributed by atoms with Crippen molar-refractivity contribution in [3.05, 3.63) is 39.9 Å². The number of rotatable bonds is 3. The van der Waals surface area contributed by atoms with Gasteiger partial charge in [-0.05, 0) is 37.0 Å². The number of ether oxygens (including phenoxy) is 1. The van der Waals surface area contributed by atoms with Crippen LogP contribution in [0.25, 0.3) is 0 Å². The lowest BCUT2D eigenvalue weighted by atomic mass is 9.55. The number of hydrogen-bond acceptors (Lipinski definition) is 5. The number of anilines is 1. The van der Waals surface area contributed by atoms with Crippen LogP contribution in [0.1, 0.15) is 33.1 Å². The Labute approximate surface area is 200 Å². The van der Waals surface area contributed by atoms with Crippen LogP contribution in [0.15, 0.2) is 29.8 Å². The van der Waals surface area contributed by atoms with E-state index >= 15 is 0 Å². The summed E-state index contributed by atoms with van der Waals surface area (Å²) in [6.07, 6.45) is 4.46. The zero-order chi connectivity index (χ0) is 22.6. The van der Waals surface area contributed by atoms with Gasteiger partial charge < -0.3 is 14.7 Å². The minimum absolute atomic E-state index is 0.127. The summed E-state index contributed by atoms with van der Waals surface area (Å²) in [7, 11) is 0. The van der Waals surface area contributed by atoms with Crippen molar-refractivity contribution in [2.24, 2.45) is 23.2 Å². The largest absolute Gasteiger partial charge is 0.461 e. The molecular formula is C25H32Cl2N2O3. The molecule has 2 aliphatic heterocycles. The fourth-order valence-electron chi connectivity index (χ4n) is 6.42. The van der Waals surface area contributed by atoms with Crippen LogP contribution in [0.4, 0.5) is 5.69 Å². The predicted molar refractivity (Wildman–Crippen MR) is 127 cm³/mol. The summed E-state index contributed by atoms with van der Waals surface area (Å²) in [5, 5.41) is 12.7. The minimum atomic E-state index is -0.545. The monoisotopic (exact) mass is 478 g/mol. The summed E-state index contributed by atoms with van der Waals surface area (Å²) >= 11 is 12.2. The van der Waals surface area contributed by atoms with Crippen LogP contribution >= 0.6 is 23.2 Å². The van der Waals surface area contributed by atoms with Crippen molar-refractivity contribution < 1.29 is 14.6 Å². The molecule has 4 aliphatic rings. The van der Waals surface area contributed by atoms with Gasteiger partial charge in [0, 0.05) is 56.2 Å². The lowest BCUT2D eigenvalue weighted by Crippen LogP contribution is -2.55. The normalized spacial score (nSPS) is 37.5. The van der Waals surface area contributed by atoms with E-state index in [9.17, 15) is 9.90 Å². The molecule has 6 atom stereocenters. The maximum absolute atomic E-state index is 12.9. The van der Waals surface area contributed by atoms with E-state index in [-0.39, 0.29) is 29.3 Å². The van der Waals surface area contributed by atoms with Crippen LogP contribution in [0, 0.1) is 23.2 Å². The van der Waals surface area contributed by atoms with E-state index in [0.29, 0.717) is 22.5 Å². The third-order valence-electron chi connectivity index (χ3n) is 8.67. The molecule has 2 saturated heterocycles. The van der Waals surface area contributed by atoms with Crippen molar-refractivity contribution in [3.63, 3.8) is 0 Å². The van der Waals surface area contributed by atoms with Crippen LogP contribution in [0.5, 0.6) is 0 Å². The molecule has 1 N–H and O–H groups in total. The lowest BCUT2D eigenvalue weighted by Gasteiger charge is -2.52. The molecular weight excluding hydrogens is 447 g/mol. The van der Waals surface area contributed by atoms with Crippen LogP contribution in [-0.4, -0.2) is 60.9 Å². The number of fused-ring (bicyclic) bond motifs is 2. The van der Waals surface area contributed by atoms with Gasteiger partial charge in [-0.15, -0.1) is 0 Å². The highest BCUT2D eigenvalue weighted by Crippen LogP contribution is 2.56. The Morgan fingerprint density at radius 1 is 1.19 bits per heavy atom. The van der Waals surface area contributed by atoms with Gasteiger partial charge in [0.2, 0.25) is 0 Å². The Balaban J connectivity index is 1.27. The molecule has 32 heavy (non-hydrogen) atoms. The zero-order valence-electron chi connectivity index (χ0n) is 18.8. The smallest absolute Gasteiger partial charge is 0.311 e. The van der Waals surface area contributed by atoms with Crippen LogP contribution in [0.3, 0.4) is 0 Å². The quantitative estimate of drug-likeness (QED) is 0.515. The number of aliphatic hydroxyl groups is 1. The fourth-order valence-corrected chi connectivity index (χ4v) is 6.71. The summed E-state index contributed by atoms with van der Waals surface area (Å²) < 4.78 is 5.83. The van der Waals surface area contributed by atoms with Gasteiger partial charge in [0.1, 0.15) is 6.10 Å². The van der Waals surface area contributed by atoms with E-state index in [1.54, 1.807) is 0 Å². The topological polar surface area (TPSA) is 53.0 Å². The molecule has 2 heterocycles. The molecule has 5 nitrogen and oxygen atoms in total. The van der Waals surface area contributed by atoms with Gasteiger partial charge >= 0.3 is 5.97 Å². The molecule has 0 radical (unpaired) electrons. The molecule has 0 aromatic heterocycles. The number of carbonyl (C=O) groups is 1. The second-order valence-electron chi connectivity index (χ2n) is 10.2. The Bertz CT molecular complexity index is 930. The number of carbonyl (C=O) groups excluding carboxylic acids is 1. The summed E-state index contributed by atoms with van der Waals surface area (Å²) in [5.41, 5.74) is 2.10. The molecule has 2 aliphatic carbocycles. The first-order valence-corrected chi connectivity index (χ1v) is 12.5. The van der Waals surface area contributed by atoms with E-state index in [4.69, 9.17) is 27.9 Å². The van der Waals surface area contributed by atoms with Crippen molar-refractivity contribution in [2.45, 2.75) is 45.3 Å². The van der Waals surface area contributed by atoms with E-state index < -0.39 is 6.10 Å². The average molecular weight is 479 g/mol. The van der Waals surface area contributed by atoms with Gasteiger partial charge in [0.25, 0.3) is 0 Å². The van der Waals surface area contributed by atoms with Crippen molar-refractivity contribution in [1.82, 2.24) is 4.90 Å². The minimum Gasteiger partial charge on any atom is -0.461 e. The number of esters is 1. The predicted octanol–water partition coefficient (Wildman–Crippen LogP) is 4.40. The molecule has 0 spiro atoms. The van der Waals surface area contributed by atoms with Crippen molar-refractivity contribution >= 4 is 34.9 Å². The number of halogens is 2. The van der Waals surface area contributed by atoms with Gasteiger partial charge in [0.15, 0.2) is 0 Å². The summed E-state index contributed by atoms with van der Waals surface area (Å²) in [4.78, 5) is 17.5. The first kappa shape index (κ1) is 22.5. The Hall–Kier alpha value is -1.27. The Morgan fingerprint density at radius 3 is 2.66 bits per heavy atom. The summed E-state index contributed by atoms with van der Waals surface area (Å²) in [6.45, 7) is 8.52. The fraction of sp³-hybridized carbons (Fsp3) is 0.640. The molecule has 7 heteroatoms. The first-order chi connectivity index (χ1) is 15.3. The van der Waals surface area contributed by atoms with Crippen LogP contribution in [0.2, 0.25) is 10.0 Å².